The van der Waals surface area contributed by atoms with E-state index in [1.807, 2.05) is 13.8 Å². The molecule has 1 fully saturated rings. The Hall–Kier alpha value is -0.330. The van der Waals surface area contributed by atoms with E-state index in [9.17, 15) is 13.2 Å². The van der Waals surface area contributed by atoms with Gasteiger partial charge in [0, 0.05) is 19.1 Å². The summed E-state index contributed by atoms with van der Waals surface area (Å²) in [6.07, 6.45) is -5.91. The minimum absolute atomic E-state index is 0.309. The second kappa shape index (κ2) is 6.02. The third kappa shape index (κ3) is 4.44. The third-order valence-corrected chi connectivity index (χ3v) is 3.26. The highest BCUT2D eigenvalue weighted by molar-refractivity contribution is 4.84. The average Bonchev–Trinajstić information content (AvgIpc) is 2.21. The van der Waals surface area contributed by atoms with Gasteiger partial charge in [0.25, 0.3) is 0 Å². The van der Waals surface area contributed by atoms with Gasteiger partial charge in [-0.05, 0) is 25.4 Å². The van der Waals surface area contributed by atoms with E-state index in [4.69, 9.17) is 5.11 Å². The maximum absolute atomic E-state index is 12.2. The van der Waals surface area contributed by atoms with E-state index in [1.165, 1.54) is 0 Å². The maximum Gasteiger partial charge on any atom is 0.415 e. The number of nitrogens with zero attached hydrogens (tertiary/aromatic N) is 1. The molecule has 0 spiro atoms. The molecule has 0 aliphatic carbocycles. The molecule has 0 aromatic rings. The van der Waals surface area contributed by atoms with Crippen molar-refractivity contribution in [1.82, 2.24) is 10.2 Å². The standard InChI is InChI=1S/C11H21F3N2O/c1-3-15-9-4-5-16(6-8(9)2)7-10(17)11(12,13)14/h8-10,15,17H,3-7H2,1-2H3. The number of rotatable bonds is 4. The van der Waals surface area contributed by atoms with E-state index >= 15 is 0 Å². The van der Waals surface area contributed by atoms with Crippen molar-refractivity contribution >= 4 is 0 Å². The first-order valence-corrected chi connectivity index (χ1v) is 6.05. The Morgan fingerprint density at radius 3 is 2.59 bits per heavy atom. The SMILES string of the molecule is CCNC1CCN(CC(O)C(F)(F)F)CC1C. The smallest absolute Gasteiger partial charge is 0.382 e. The normalized spacial score (nSPS) is 29.3. The van der Waals surface area contributed by atoms with Gasteiger partial charge in [0.2, 0.25) is 0 Å². The van der Waals surface area contributed by atoms with Crippen LogP contribution in [0.1, 0.15) is 20.3 Å². The lowest BCUT2D eigenvalue weighted by Gasteiger charge is -2.38. The van der Waals surface area contributed by atoms with Gasteiger partial charge in [-0.2, -0.15) is 13.2 Å². The highest BCUT2D eigenvalue weighted by Crippen LogP contribution is 2.23. The lowest BCUT2D eigenvalue weighted by Crippen LogP contribution is -2.51. The van der Waals surface area contributed by atoms with E-state index in [-0.39, 0.29) is 6.54 Å². The van der Waals surface area contributed by atoms with Crippen LogP contribution in [0.5, 0.6) is 0 Å². The van der Waals surface area contributed by atoms with Crippen molar-refractivity contribution < 1.29 is 18.3 Å². The predicted octanol–water partition coefficient (Wildman–Crippen LogP) is 1.23. The zero-order valence-corrected chi connectivity index (χ0v) is 10.3. The minimum Gasteiger partial charge on any atom is -0.382 e. The second-order valence-electron chi connectivity index (χ2n) is 4.75. The molecule has 3 nitrogen and oxygen atoms in total. The molecule has 0 bridgehead atoms. The second-order valence-corrected chi connectivity index (χ2v) is 4.75. The molecule has 0 aromatic carbocycles. The lowest BCUT2D eigenvalue weighted by molar-refractivity contribution is -0.209. The van der Waals surface area contributed by atoms with Gasteiger partial charge < -0.3 is 15.3 Å². The Balaban J connectivity index is 2.39. The van der Waals surface area contributed by atoms with Crippen molar-refractivity contribution in [3.8, 4) is 0 Å². The number of aliphatic hydroxyl groups is 1. The summed E-state index contributed by atoms with van der Waals surface area (Å²) in [4.78, 5) is 1.69. The molecule has 3 unspecified atom stereocenters. The molecule has 3 atom stereocenters. The van der Waals surface area contributed by atoms with Crippen molar-refractivity contribution in [2.45, 2.75) is 38.6 Å². The molecule has 1 rings (SSSR count). The molecule has 6 heteroatoms. The fourth-order valence-electron chi connectivity index (χ4n) is 2.31. The van der Waals surface area contributed by atoms with Gasteiger partial charge in [0.1, 0.15) is 0 Å². The van der Waals surface area contributed by atoms with Gasteiger partial charge in [-0.25, -0.2) is 0 Å². The summed E-state index contributed by atoms with van der Waals surface area (Å²) in [6.45, 7) is 5.82. The van der Waals surface area contributed by atoms with Gasteiger partial charge in [-0.15, -0.1) is 0 Å². The molecule has 0 aromatic heterocycles. The first kappa shape index (κ1) is 14.7. The Morgan fingerprint density at radius 2 is 2.12 bits per heavy atom. The number of aliphatic hydroxyl groups excluding tert-OH is 1. The van der Waals surface area contributed by atoms with Crippen molar-refractivity contribution in [2.24, 2.45) is 5.92 Å². The summed E-state index contributed by atoms with van der Waals surface area (Å²) < 4.78 is 36.6. The topological polar surface area (TPSA) is 35.5 Å². The van der Waals surface area contributed by atoms with Crippen molar-refractivity contribution in [3.63, 3.8) is 0 Å². The van der Waals surface area contributed by atoms with E-state index in [0.717, 1.165) is 13.0 Å². The number of hydrogen-bond donors (Lipinski definition) is 2. The van der Waals surface area contributed by atoms with E-state index in [0.29, 0.717) is 25.0 Å². The largest absolute Gasteiger partial charge is 0.415 e. The fourth-order valence-corrected chi connectivity index (χ4v) is 2.31. The Morgan fingerprint density at radius 1 is 1.47 bits per heavy atom. The highest BCUT2D eigenvalue weighted by atomic mass is 19.4. The van der Waals surface area contributed by atoms with Crippen LogP contribution in [0.4, 0.5) is 13.2 Å². The summed E-state index contributed by atoms with van der Waals surface area (Å²) in [5.41, 5.74) is 0. The van der Waals surface area contributed by atoms with E-state index in [2.05, 4.69) is 5.32 Å². The van der Waals surface area contributed by atoms with Crippen molar-refractivity contribution in [2.75, 3.05) is 26.2 Å². The minimum atomic E-state index is -4.51. The molecule has 0 saturated carbocycles. The molecular weight excluding hydrogens is 233 g/mol. The average molecular weight is 254 g/mol. The van der Waals surface area contributed by atoms with Gasteiger partial charge in [-0.1, -0.05) is 13.8 Å². The van der Waals surface area contributed by atoms with Crippen molar-refractivity contribution in [3.05, 3.63) is 0 Å². The summed E-state index contributed by atoms with van der Waals surface area (Å²) in [7, 11) is 0. The number of hydrogen-bond acceptors (Lipinski definition) is 3. The first-order valence-electron chi connectivity index (χ1n) is 6.05. The summed E-state index contributed by atoms with van der Waals surface area (Å²) >= 11 is 0. The van der Waals surface area contributed by atoms with Gasteiger partial charge in [0.05, 0.1) is 0 Å². The number of halogens is 3. The number of likely N-dealkylation sites (tertiary alicyclic amines) is 1. The van der Waals surface area contributed by atoms with Gasteiger partial charge >= 0.3 is 6.18 Å². The number of β-amino-alcohol motifs (C(OH)–C–C–N with tert-alkyl or cyclic N) is 1. The molecule has 0 radical (unpaired) electrons. The van der Waals surface area contributed by atoms with Gasteiger partial charge in [0.15, 0.2) is 6.10 Å². The van der Waals surface area contributed by atoms with Crippen LogP contribution in [0.2, 0.25) is 0 Å². The Bertz CT molecular complexity index is 235. The summed E-state index contributed by atoms with van der Waals surface area (Å²) in [6, 6.07) is 0.374. The molecule has 1 saturated heterocycles. The molecule has 1 aliphatic rings. The summed E-state index contributed by atoms with van der Waals surface area (Å²) in [5.74, 6) is 0.309. The Labute approximate surface area is 100.0 Å². The zero-order chi connectivity index (χ0) is 13.1. The van der Waals surface area contributed by atoms with Crippen LogP contribution >= 0.6 is 0 Å². The van der Waals surface area contributed by atoms with Crippen LogP contribution in [0.15, 0.2) is 0 Å². The zero-order valence-electron chi connectivity index (χ0n) is 10.3. The van der Waals surface area contributed by atoms with Crippen LogP contribution in [0.25, 0.3) is 0 Å². The van der Waals surface area contributed by atoms with Crippen LogP contribution in [0.3, 0.4) is 0 Å². The van der Waals surface area contributed by atoms with Crippen LogP contribution in [-0.4, -0.2) is 54.5 Å². The number of nitrogens with one attached hydrogen (secondary N) is 1. The maximum atomic E-state index is 12.2. The molecule has 1 heterocycles. The number of alkyl halides is 3. The third-order valence-electron chi connectivity index (χ3n) is 3.26. The molecule has 1 aliphatic heterocycles. The fraction of sp³-hybridized carbons (Fsp3) is 1.00. The molecule has 17 heavy (non-hydrogen) atoms. The lowest BCUT2D eigenvalue weighted by atomic mass is 9.93. The first-order chi connectivity index (χ1) is 7.84. The van der Waals surface area contributed by atoms with Crippen LogP contribution < -0.4 is 5.32 Å². The molecule has 102 valence electrons. The van der Waals surface area contributed by atoms with Gasteiger partial charge in [-0.3, -0.25) is 0 Å². The van der Waals surface area contributed by atoms with Crippen molar-refractivity contribution in [1.29, 1.82) is 0 Å². The highest BCUT2D eigenvalue weighted by Gasteiger charge is 2.40. The quantitative estimate of drug-likeness (QED) is 0.792. The monoisotopic (exact) mass is 254 g/mol. The van der Waals surface area contributed by atoms with Crippen LogP contribution in [0, 0.1) is 5.92 Å². The molecule has 2 N–H and O–H groups in total. The number of piperidine rings is 1. The van der Waals surface area contributed by atoms with E-state index < -0.39 is 12.3 Å². The van der Waals surface area contributed by atoms with E-state index in [1.54, 1.807) is 4.90 Å². The predicted molar refractivity (Wildman–Crippen MR) is 59.7 cm³/mol. The summed E-state index contributed by atoms with van der Waals surface area (Å²) in [5, 5.41) is 12.3. The van der Waals surface area contributed by atoms with Crippen LogP contribution in [-0.2, 0) is 0 Å². The molecule has 0 amide bonds. The molecular formula is C11H21F3N2O. The Kier molecular flexibility index (Phi) is 5.22.